The molecule has 1 N–H and O–H groups in total. The lowest BCUT2D eigenvalue weighted by Crippen LogP contribution is -2.38. The summed E-state index contributed by atoms with van der Waals surface area (Å²) in [6.45, 7) is 0. The van der Waals surface area contributed by atoms with Crippen LogP contribution in [0.4, 0.5) is 10.1 Å². The van der Waals surface area contributed by atoms with Gasteiger partial charge >= 0.3 is 5.69 Å². The van der Waals surface area contributed by atoms with Gasteiger partial charge in [0.15, 0.2) is 5.65 Å². The maximum atomic E-state index is 13.3. The minimum absolute atomic E-state index is 0.0842. The number of nitrogens with zero attached hydrogens (tertiary/aromatic N) is 3. The maximum Gasteiger partial charge on any atom is 0.337 e. The normalized spacial score (nSPS) is 10.8. The summed E-state index contributed by atoms with van der Waals surface area (Å²) in [5, 5.41) is 2.82. The molecule has 0 saturated heterocycles. The van der Waals surface area contributed by atoms with Crippen LogP contribution in [0.25, 0.3) is 16.7 Å². The summed E-state index contributed by atoms with van der Waals surface area (Å²) < 4.78 is 15.4. The number of rotatable bonds is 3. The van der Waals surface area contributed by atoms with Gasteiger partial charge in [0.05, 0.1) is 16.6 Å². The predicted octanol–water partition coefficient (Wildman–Crippen LogP) is 2.48. The van der Waals surface area contributed by atoms with Crippen LogP contribution in [0.15, 0.2) is 76.4 Å². The van der Waals surface area contributed by atoms with Gasteiger partial charge < -0.3 is 5.32 Å². The van der Waals surface area contributed by atoms with Gasteiger partial charge in [0, 0.05) is 18.9 Å². The number of aromatic nitrogens is 3. The number of benzene rings is 2. The summed E-state index contributed by atoms with van der Waals surface area (Å²) in [6, 6.07) is 15.5. The van der Waals surface area contributed by atoms with Crippen LogP contribution in [0.2, 0.25) is 0 Å². The van der Waals surface area contributed by atoms with Gasteiger partial charge in [-0.25, -0.2) is 18.7 Å². The highest BCUT2D eigenvalue weighted by Gasteiger charge is 2.16. The van der Waals surface area contributed by atoms with Gasteiger partial charge in [-0.2, -0.15) is 0 Å². The van der Waals surface area contributed by atoms with E-state index in [0.717, 1.165) is 4.57 Å². The van der Waals surface area contributed by atoms with Gasteiger partial charge in [0.1, 0.15) is 5.82 Å². The zero-order valence-corrected chi connectivity index (χ0v) is 15.3. The fourth-order valence-corrected chi connectivity index (χ4v) is 2.97. The van der Waals surface area contributed by atoms with Crippen molar-refractivity contribution in [2.24, 2.45) is 7.05 Å². The number of hydrogen-bond acceptors (Lipinski definition) is 4. The van der Waals surface area contributed by atoms with Gasteiger partial charge in [0.25, 0.3) is 11.5 Å². The quantitative estimate of drug-likeness (QED) is 0.582. The molecule has 29 heavy (non-hydrogen) atoms. The second-order valence-corrected chi connectivity index (χ2v) is 6.37. The van der Waals surface area contributed by atoms with E-state index in [4.69, 9.17) is 0 Å². The molecule has 0 saturated carbocycles. The van der Waals surface area contributed by atoms with Crippen molar-refractivity contribution in [3.8, 4) is 5.69 Å². The Kier molecular flexibility index (Phi) is 4.52. The van der Waals surface area contributed by atoms with E-state index in [9.17, 15) is 18.8 Å². The first-order valence-corrected chi connectivity index (χ1v) is 8.70. The highest BCUT2D eigenvalue weighted by atomic mass is 19.1. The number of anilines is 1. The smallest absolute Gasteiger partial charge is 0.322 e. The molecule has 2 aromatic carbocycles. The van der Waals surface area contributed by atoms with Crippen LogP contribution < -0.4 is 16.6 Å². The molecule has 2 heterocycles. The van der Waals surface area contributed by atoms with Crippen molar-refractivity contribution in [3.63, 3.8) is 0 Å². The first-order valence-electron chi connectivity index (χ1n) is 8.70. The van der Waals surface area contributed by atoms with Crippen molar-refractivity contribution >= 4 is 22.6 Å². The van der Waals surface area contributed by atoms with Crippen LogP contribution in [0.3, 0.4) is 0 Å². The molecule has 8 heteroatoms. The molecule has 0 atom stereocenters. The Morgan fingerprint density at radius 1 is 1.03 bits per heavy atom. The Balaban J connectivity index is 1.87. The van der Waals surface area contributed by atoms with Crippen LogP contribution in [0.1, 0.15) is 10.4 Å². The SMILES string of the molecule is Cn1c(=O)c2cc(C(=O)Nc3ccccc3)cnc2n(-c2ccc(F)cc2)c1=O. The largest absolute Gasteiger partial charge is 0.337 e. The number of halogens is 1. The van der Waals surface area contributed by atoms with Crippen LogP contribution in [0, 0.1) is 5.82 Å². The molecule has 0 aliphatic carbocycles. The van der Waals surface area contributed by atoms with Crippen molar-refractivity contribution in [2.75, 3.05) is 5.32 Å². The fourth-order valence-electron chi connectivity index (χ4n) is 2.97. The average Bonchev–Trinajstić information content (AvgIpc) is 2.74. The minimum atomic E-state index is -0.622. The fraction of sp³-hybridized carbons (Fsp3) is 0.0476. The Morgan fingerprint density at radius 3 is 2.41 bits per heavy atom. The summed E-state index contributed by atoms with van der Waals surface area (Å²) in [5.74, 6) is -0.893. The molecule has 4 aromatic rings. The van der Waals surface area contributed by atoms with E-state index in [-0.39, 0.29) is 16.6 Å². The highest BCUT2D eigenvalue weighted by Crippen LogP contribution is 2.15. The topological polar surface area (TPSA) is 86.0 Å². The average molecular weight is 390 g/mol. The molecule has 0 fully saturated rings. The van der Waals surface area contributed by atoms with Crippen molar-refractivity contribution in [3.05, 3.63) is 99.1 Å². The van der Waals surface area contributed by atoms with Crippen molar-refractivity contribution < 1.29 is 9.18 Å². The number of nitrogens with one attached hydrogen (secondary N) is 1. The molecule has 2 aromatic heterocycles. The van der Waals surface area contributed by atoms with Gasteiger partial charge in [0.2, 0.25) is 0 Å². The first kappa shape index (κ1) is 18.3. The van der Waals surface area contributed by atoms with Crippen LogP contribution in [-0.4, -0.2) is 20.0 Å². The van der Waals surface area contributed by atoms with Crippen LogP contribution >= 0.6 is 0 Å². The second-order valence-electron chi connectivity index (χ2n) is 6.37. The van der Waals surface area contributed by atoms with Gasteiger partial charge in [-0.1, -0.05) is 18.2 Å². The lowest BCUT2D eigenvalue weighted by atomic mass is 10.2. The molecule has 0 spiro atoms. The van der Waals surface area contributed by atoms with Gasteiger partial charge in [-0.3, -0.25) is 14.2 Å². The number of amides is 1. The van der Waals surface area contributed by atoms with E-state index >= 15 is 0 Å². The molecule has 0 unspecified atom stereocenters. The van der Waals surface area contributed by atoms with E-state index < -0.39 is 23.0 Å². The number of hydrogen-bond donors (Lipinski definition) is 1. The van der Waals surface area contributed by atoms with Gasteiger partial charge in [-0.15, -0.1) is 0 Å². The Bertz CT molecular complexity index is 1340. The molecule has 4 rings (SSSR count). The molecular formula is C21H15FN4O3. The molecule has 144 valence electrons. The molecule has 0 radical (unpaired) electrons. The summed E-state index contributed by atoms with van der Waals surface area (Å²) in [4.78, 5) is 42.0. The number of pyridine rings is 1. The first-order chi connectivity index (χ1) is 14.0. The lowest BCUT2D eigenvalue weighted by Gasteiger charge is -2.12. The number of fused-ring (bicyclic) bond motifs is 1. The Labute approximate surface area is 163 Å². The number of para-hydroxylation sites is 1. The second kappa shape index (κ2) is 7.16. The lowest BCUT2D eigenvalue weighted by molar-refractivity contribution is 0.102. The van der Waals surface area contributed by atoms with E-state index in [1.807, 2.05) is 6.07 Å². The third-order valence-corrected chi connectivity index (χ3v) is 4.47. The van der Waals surface area contributed by atoms with E-state index in [1.165, 1.54) is 48.1 Å². The van der Waals surface area contributed by atoms with E-state index in [1.54, 1.807) is 24.3 Å². The van der Waals surface area contributed by atoms with Gasteiger partial charge in [-0.05, 0) is 42.5 Å². The zero-order valence-electron chi connectivity index (χ0n) is 15.3. The van der Waals surface area contributed by atoms with Crippen LogP contribution in [-0.2, 0) is 7.05 Å². The number of carbonyl (C=O) groups is 1. The minimum Gasteiger partial charge on any atom is -0.322 e. The maximum absolute atomic E-state index is 13.3. The molecule has 0 aliphatic rings. The molecule has 0 bridgehead atoms. The number of carbonyl (C=O) groups excluding carboxylic acids is 1. The van der Waals surface area contributed by atoms with Crippen LogP contribution in [0.5, 0.6) is 0 Å². The summed E-state index contributed by atoms with van der Waals surface area (Å²) >= 11 is 0. The van der Waals surface area contributed by atoms with Crippen molar-refractivity contribution in [1.29, 1.82) is 0 Å². The third kappa shape index (κ3) is 3.31. The zero-order chi connectivity index (χ0) is 20.5. The summed E-state index contributed by atoms with van der Waals surface area (Å²) in [7, 11) is 1.33. The standard InChI is InChI=1S/C21H15FN4O3/c1-25-20(28)17-11-13(19(27)24-15-5-3-2-4-6-15)12-23-18(17)26(21(25)29)16-9-7-14(22)8-10-16/h2-12H,1H3,(H,24,27). The monoisotopic (exact) mass is 390 g/mol. The molecule has 1 amide bonds. The highest BCUT2D eigenvalue weighted by molar-refractivity contribution is 6.05. The van der Waals surface area contributed by atoms with E-state index in [2.05, 4.69) is 10.3 Å². The molecule has 7 nitrogen and oxygen atoms in total. The Hall–Kier alpha value is -4.07. The van der Waals surface area contributed by atoms with Crippen molar-refractivity contribution in [1.82, 2.24) is 14.1 Å². The van der Waals surface area contributed by atoms with Crippen molar-refractivity contribution in [2.45, 2.75) is 0 Å². The predicted molar refractivity (Wildman–Crippen MR) is 107 cm³/mol. The van der Waals surface area contributed by atoms with E-state index in [0.29, 0.717) is 11.4 Å². The summed E-state index contributed by atoms with van der Waals surface area (Å²) in [5.41, 5.74) is 0.00446. The third-order valence-electron chi connectivity index (χ3n) is 4.47. The molecular weight excluding hydrogens is 375 g/mol. The molecule has 0 aliphatic heterocycles. The Morgan fingerprint density at radius 2 is 1.72 bits per heavy atom. The summed E-state index contributed by atoms with van der Waals surface area (Å²) in [6.07, 6.45) is 1.29.